The molecule has 120 valence electrons. The lowest BCUT2D eigenvalue weighted by Gasteiger charge is -2.42. The van der Waals surface area contributed by atoms with Crippen molar-refractivity contribution in [2.24, 2.45) is 0 Å². The molecule has 0 aromatic heterocycles. The molecule has 0 aliphatic carbocycles. The molecule has 0 radical (unpaired) electrons. The van der Waals surface area contributed by atoms with Gasteiger partial charge in [-0.2, -0.15) is 0 Å². The third-order valence-corrected chi connectivity index (χ3v) is 5.66. The zero-order chi connectivity index (χ0) is 16.9. The van der Waals surface area contributed by atoms with E-state index in [-0.39, 0.29) is 5.41 Å². The monoisotopic (exact) mass is 441 g/mol. The molecule has 1 nitrogen and oxygen atoms in total. The van der Waals surface area contributed by atoms with E-state index < -0.39 is 0 Å². The summed E-state index contributed by atoms with van der Waals surface area (Å²) < 4.78 is 2.12. The average molecular weight is 443 g/mol. The second-order valence-corrected chi connectivity index (χ2v) is 8.45. The minimum Gasteiger partial charge on any atom is -0.310 e. The summed E-state index contributed by atoms with van der Waals surface area (Å²) >= 11 is 7.25. The van der Waals surface area contributed by atoms with Crippen LogP contribution in [0.15, 0.2) is 75.7 Å². The van der Waals surface area contributed by atoms with Crippen LogP contribution in [-0.2, 0) is 5.41 Å². The zero-order valence-electron chi connectivity index (χ0n) is 13.6. The maximum absolute atomic E-state index is 3.63. The first-order chi connectivity index (χ1) is 11.5. The molecule has 1 aliphatic rings. The highest BCUT2D eigenvalue weighted by atomic mass is 79.9. The zero-order valence-corrected chi connectivity index (χ0v) is 16.7. The quantitative estimate of drug-likeness (QED) is 0.381. The summed E-state index contributed by atoms with van der Waals surface area (Å²) in [5, 5.41) is 0. The lowest BCUT2D eigenvalue weighted by atomic mass is 9.73. The maximum Gasteiger partial charge on any atom is 0.0502 e. The summed E-state index contributed by atoms with van der Waals surface area (Å²) in [6.45, 7) is 4.61. The van der Waals surface area contributed by atoms with E-state index in [9.17, 15) is 0 Å². The lowest BCUT2D eigenvalue weighted by molar-refractivity contribution is 0.632. The van der Waals surface area contributed by atoms with E-state index in [4.69, 9.17) is 0 Å². The highest BCUT2D eigenvalue weighted by molar-refractivity contribution is 9.11. The van der Waals surface area contributed by atoms with Crippen LogP contribution in [0.3, 0.4) is 0 Å². The molecule has 0 N–H and O–H groups in total. The Morgan fingerprint density at radius 2 is 1.17 bits per heavy atom. The van der Waals surface area contributed by atoms with Crippen molar-refractivity contribution < 1.29 is 0 Å². The summed E-state index contributed by atoms with van der Waals surface area (Å²) in [5.41, 5.74) is 6.30. The van der Waals surface area contributed by atoms with Gasteiger partial charge in [0, 0.05) is 20.0 Å². The Morgan fingerprint density at radius 3 is 1.67 bits per heavy atom. The molecule has 0 fully saturated rings. The largest absolute Gasteiger partial charge is 0.310 e. The van der Waals surface area contributed by atoms with E-state index in [0.717, 1.165) is 14.6 Å². The summed E-state index contributed by atoms with van der Waals surface area (Å²) in [4.78, 5) is 2.35. The van der Waals surface area contributed by atoms with Gasteiger partial charge in [-0.3, -0.25) is 0 Å². The van der Waals surface area contributed by atoms with Crippen molar-refractivity contribution in [2.45, 2.75) is 19.3 Å². The van der Waals surface area contributed by atoms with Crippen LogP contribution in [0, 0.1) is 0 Å². The first-order valence-corrected chi connectivity index (χ1v) is 9.52. The molecule has 3 heteroatoms. The normalized spacial score (nSPS) is 14.9. The summed E-state index contributed by atoms with van der Waals surface area (Å²) in [6.07, 6.45) is 0. The summed E-state index contributed by atoms with van der Waals surface area (Å²) in [6, 6.07) is 23.8. The second kappa shape index (κ2) is 5.75. The smallest absolute Gasteiger partial charge is 0.0502 e. The van der Waals surface area contributed by atoms with Crippen molar-refractivity contribution in [3.05, 3.63) is 86.8 Å². The van der Waals surface area contributed by atoms with Crippen molar-refractivity contribution in [1.29, 1.82) is 0 Å². The molecule has 3 aromatic rings. The molecule has 0 saturated carbocycles. The van der Waals surface area contributed by atoms with Gasteiger partial charge >= 0.3 is 0 Å². The number of anilines is 3. The number of hydrogen-bond donors (Lipinski definition) is 0. The van der Waals surface area contributed by atoms with Crippen LogP contribution in [0.1, 0.15) is 25.0 Å². The van der Waals surface area contributed by atoms with E-state index in [0.29, 0.717) is 0 Å². The van der Waals surface area contributed by atoms with Crippen LogP contribution in [0.4, 0.5) is 17.1 Å². The van der Waals surface area contributed by atoms with Crippen LogP contribution in [0.5, 0.6) is 0 Å². The standard InChI is InChI=1S/C21H17Br2N/c1-21(2)17-7-3-5-9-19(17)24(20-10-6-4-8-18(20)21)16-12-14(22)11-15(23)13-16/h3-13H,1-2H3. The minimum atomic E-state index is -0.0209. The first kappa shape index (κ1) is 15.9. The van der Waals surface area contributed by atoms with Gasteiger partial charge in [0.2, 0.25) is 0 Å². The lowest BCUT2D eigenvalue weighted by Crippen LogP contribution is -2.30. The number of nitrogens with zero attached hydrogens (tertiary/aromatic N) is 1. The SMILES string of the molecule is CC1(C)c2ccccc2N(c2cc(Br)cc(Br)c2)c2ccccc21. The van der Waals surface area contributed by atoms with E-state index in [1.807, 2.05) is 0 Å². The number of hydrogen-bond acceptors (Lipinski definition) is 1. The Labute approximate surface area is 159 Å². The predicted molar refractivity (Wildman–Crippen MR) is 109 cm³/mol. The summed E-state index contributed by atoms with van der Waals surface area (Å²) in [7, 11) is 0. The predicted octanol–water partition coefficient (Wildman–Crippen LogP) is 7.32. The van der Waals surface area contributed by atoms with Crippen LogP contribution >= 0.6 is 31.9 Å². The van der Waals surface area contributed by atoms with E-state index >= 15 is 0 Å². The Hall–Kier alpha value is -1.58. The van der Waals surface area contributed by atoms with Crippen LogP contribution < -0.4 is 4.90 Å². The number of para-hydroxylation sites is 2. The molecule has 4 rings (SSSR count). The third-order valence-electron chi connectivity index (χ3n) is 4.74. The van der Waals surface area contributed by atoms with Crippen molar-refractivity contribution >= 4 is 48.9 Å². The van der Waals surface area contributed by atoms with Crippen molar-refractivity contribution in [3.8, 4) is 0 Å². The van der Waals surface area contributed by atoms with Gasteiger partial charge in [0.05, 0.1) is 11.4 Å². The molecule has 0 bridgehead atoms. The van der Waals surface area contributed by atoms with Crippen molar-refractivity contribution in [3.63, 3.8) is 0 Å². The first-order valence-electron chi connectivity index (χ1n) is 7.94. The summed E-state index contributed by atoms with van der Waals surface area (Å²) in [5.74, 6) is 0. The fourth-order valence-electron chi connectivity index (χ4n) is 3.62. The Balaban J connectivity index is 2.05. The van der Waals surface area contributed by atoms with Crippen molar-refractivity contribution in [2.75, 3.05) is 4.90 Å². The van der Waals surface area contributed by atoms with Gasteiger partial charge in [-0.15, -0.1) is 0 Å². The molecule has 1 aliphatic heterocycles. The minimum absolute atomic E-state index is 0.0209. The molecular weight excluding hydrogens is 426 g/mol. The fourth-order valence-corrected chi connectivity index (χ4v) is 4.89. The topological polar surface area (TPSA) is 3.24 Å². The van der Waals surface area contributed by atoms with Crippen LogP contribution in [-0.4, -0.2) is 0 Å². The molecule has 0 amide bonds. The highest BCUT2D eigenvalue weighted by Crippen LogP contribution is 2.51. The second-order valence-electron chi connectivity index (χ2n) is 6.62. The van der Waals surface area contributed by atoms with Gasteiger partial charge in [-0.05, 0) is 41.5 Å². The van der Waals surface area contributed by atoms with Gasteiger partial charge < -0.3 is 4.90 Å². The Bertz CT molecular complexity index is 861. The van der Waals surface area contributed by atoms with Crippen molar-refractivity contribution in [1.82, 2.24) is 0 Å². The highest BCUT2D eigenvalue weighted by Gasteiger charge is 2.36. The van der Waals surface area contributed by atoms with Gasteiger partial charge in [-0.25, -0.2) is 0 Å². The molecular formula is C21H17Br2N. The number of fused-ring (bicyclic) bond motifs is 2. The molecule has 1 heterocycles. The maximum atomic E-state index is 3.63. The molecule has 0 saturated heterocycles. The van der Waals surface area contributed by atoms with Gasteiger partial charge in [-0.1, -0.05) is 82.1 Å². The Morgan fingerprint density at radius 1 is 0.708 bits per heavy atom. The number of rotatable bonds is 1. The van der Waals surface area contributed by atoms with Gasteiger partial charge in [0.1, 0.15) is 0 Å². The number of benzene rings is 3. The van der Waals surface area contributed by atoms with Gasteiger partial charge in [0.15, 0.2) is 0 Å². The Kier molecular flexibility index (Phi) is 3.81. The van der Waals surface area contributed by atoms with Crippen LogP contribution in [0.2, 0.25) is 0 Å². The molecule has 0 atom stereocenters. The van der Waals surface area contributed by atoms with Crippen LogP contribution in [0.25, 0.3) is 0 Å². The molecule has 0 spiro atoms. The van der Waals surface area contributed by atoms with E-state index in [2.05, 4.69) is 117 Å². The molecule has 24 heavy (non-hydrogen) atoms. The van der Waals surface area contributed by atoms with Gasteiger partial charge in [0.25, 0.3) is 0 Å². The average Bonchev–Trinajstić information content (AvgIpc) is 2.54. The van der Waals surface area contributed by atoms with E-state index in [1.165, 1.54) is 22.5 Å². The fraction of sp³-hybridized carbons (Fsp3) is 0.143. The molecule has 3 aromatic carbocycles. The third kappa shape index (κ3) is 2.42. The molecule has 0 unspecified atom stereocenters. The number of halogens is 2. The van der Waals surface area contributed by atoms with E-state index in [1.54, 1.807) is 0 Å².